The van der Waals surface area contributed by atoms with Crippen LogP contribution in [0.1, 0.15) is 24.8 Å². The van der Waals surface area contributed by atoms with Gasteiger partial charge in [-0.25, -0.2) is 0 Å². The van der Waals surface area contributed by atoms with Crippen LogP contribution in [-0.4, -0.2) is 16.9 Å². The van der Waals surface area contributed by atoms with Crippen molar-refractivity contribution in [3.63, 3.8) is 0 Å². The number of pyridine rings is 1. The lowest BCUT2D eigenvalue weighted by Gasteiger charge is -2.18. The Bertz CT molecular complexity index is 353. The molecule has 86 valence electrons. The molecule has 1 aliphatic carbocycles. The highest BCUT2D eigenvalue weighted by molar-refractivity contribution is 5.77. The van der Waals surface area contributed by atoms with Crippen LogP contribution in [0.25, 0.3) is 0 Å². The molecule has 4 nitrogen and oxygen atoms in total. The SMILES string of the molecule is NC(=O)C1CCCC1NCc1ccncc1. The van der Waals surface area contributed by atoms with Crippen molar-refractivity contribution in [3.05, 3.63) is 30.1 Å². The van der Waals surface area contributed by atoms with E-state index in [4.69, 9.17) is 5.73 Å². The molecule has 2 unspecified atom stereocenters. The Morgan fingerprint density at radius 1 is 1.44 bits per heavy atom. The topological polar surface area (TPSA) is 68.0 Å². The van der Waals surface area contributed by atoms with Crippen molar-refractivity contribution in [3.8, 4) is 0 Å². The van der Waals surface area contributed by atoms with E-state index >= 15 is 0 Å². The van der Waals surface area contributed by atoms with E-state index in [2.05, 4.69) is 10.3 Å². The quantitative estimate of drug-likeness (QED) is 0.788. The molecule has 3 N–H and O–H groups in total. The van der Waals surface area contributed by atoms with Crippen LogP contribution < -0.4 is 11.1 Å². The minimum absolute atomic E-state index is 0.00170. The van der Waals surface area contributed by atoms with Crippen LogP contribution in [0.15, 0.2) is 24.5 Å². The minimum Gasteiger partial charge on any atom is -0.369 e. The molecule has 0 bridgehead atoms. The fourth-order valence-corrected chi connectivity index (χ4v) is 2.29. The summed E-state index contributed by atoms with van der Waals surface area (Å²) in [6.45, 7) is 0.775. The van der Waals surface area contributed by atoms with Gasteiger partial charge in [0.25, 0.3) is 0 Å². The number of nitrogens with zero attached hydrogens (tertiary/aromatic N) is 1. The van der Waals surface area contributed by atoms with Crippen LogP contribution in [0.3, 0.4) is 0 Å². The predicted octanol–water partition coefficient (Wildman–Crippen LogP) is 0.825. The molecule has 1 saturated carbocycles. The number of hydrogen-bond acceptors (Lipinski definition) is 3. The number of primary amides is 1. The Balaban J connectivity index is 1.88. The molecule has 0 saturated heterocycles. The van der Waals surface area contributed by atoms with Crippen LogP contribution in [0.2, 0.25) is 0 Å². The third-order valence-corrected chi connectivity index (χ3v) is 3.20. The van der Waals surface area contributed by atoms with Crippen LogP contribution in [0.5, 0.6) is 0 Å². The van der Waals surface area contributed by atoms with E-state index in [0.717, 1.165) is 25.8 Å². The van der Waals surface area contributed by atoms with Crippen molar-refractivity contribution in [1.82, 2.24) is 10.3 Å². The van der Waals surface area contributed by atoms with Gasteiger partial charge in [-0.3, -0.25) is 9.78 Å². The summed E-state index contributed by atoms with van der Waals surface area (Å²) >= 11 is 0. The van der Waals surface area contributed by atoms with Gasteiger partial charge in [0, 0.05) is 25.0 Å². The van der Waals surface area contributed by atoms with E-state index in [0.29, 0.717) is 0 Å². The van der Waals surface area contributed by atoms with E-state index < -0.39 is 0 Å². The molecule has 1 amide bonds. The lowest BCUT2D eigenvalue weighted by molar-refractivity contribution is -0.122. The smallest absolute Gasteiger partial charge is 0.222 e. The highest BCUT2D eigenvalue weighted by atomic mass is 16.1. The molecule has 0 aliphatic heterocycles. The summed E-state index contributed by atoms with van der Waals surface area (Å²) in [5.74, 6) is -0.174. The number of amides is 1. The first-order chi connectivity index (χ1) is 7.77. The highest BCUT2D eigenvalue weighted by Crippen LogP contribution is 2.25. The van der Waals surface area contributed by atoms with E-state index in [-0.39, 0.29) is 17.9 Å². The molecule has 2 atom stereocenters. The van der Waals surface area contributed by atoms with E-state index in [1.807, 2.05) is 12.1 Å². The second-order valence-corrected chi connectivity index (χ2v) is 4.28. The van der Waals surface area contributed by atoms with Crippen molar-refractivity contribution in [1.29, 1.82) is 0 Å². The highest BCUT2D eigenvalue weighted by Gasteiger charge is 2.30. The summed E-state index contributed by atoms with van der Waals surface area (Å²) in [7, 11) is 0. The Hall–Kier alpha value is -1.42. The Morgan fingerprint density at radius 3 is 2.88 bits per heavy atom. The van der Waals surface area contributed by atoms with Gasteiger partial charge in [-0.15, -0.1) is 0 Å². The number of carbonyl (C=O) groups excluding carboxylic acids is 1. The van der Waals surface area contributed by atoms with Gasteiger partial charge in [0.05, 0.1) is 5.92 Å². The second-order valence-electron chi connectivity index (χ2n) is 4.28. The van der Waals surface area contributed by atoms with Gasteiger partial charge in [0.2, 0.25) is 5.91 Å². The van der Waals surface area contributed by atoms with Crippen molar-refractivity contribution < 1.29 is 4.79 Å². The molecule has 4 heteroatoms. The second kappa shape index (κ2) is 5.07. The van der Waals surface area contributed by atoms with Gasteiger partial charge >= 0.3 is 0 Å². The van der Waals surface area contributed by atoms with Crippen molar-refractivity contribution in [2.24, 2.45) is 11.7 Å². The molecule has 0 aromatic carbocycles. The summed E-state index contributed by atoms with van der Waals surface area (Å²) in [5, 5.41) is 3.40. The van der Waals surface area contributed by atoms with Gasteiger partial charge in [-0.2, -0.15) is 0 Å². The van der Waals surface area contributed by atoms with Crippen molar-refractivity contribution in [2.45, 2.75) is 31.8 Å². The Labute approximate surface area is 95.3 Å². The number of nitrogens with one attached hydrogen (secondary N) is 1. The summed E-state index contributed by atoms with van der Waals surface area (Å²) in [6.07, 6.45) is 6.60. The summed E-state index contributed by atoms with van der Waals surface area (Å²) < 4.78 is 0. The largest absolute Gasteiger partial charge is 0.369 e. The zero-order chi connectivity index (χ0) is 11.4. The molecule has 1 aromatic heterocycles. The van der Waals surface area contributed by atoms with Crippen molar-refractivity contribution in [2.75, 3.05) is 0 Å². The monoisotopic (exact) mass is 219 g/mol. The van der Waals surface area contributed by atoms with E-state index in [1.54, 1.807) is 12.4 Å². The molecule has 2 rings (SSSR count). The molecule has 1 fully saturated rings. The predicted molar refractivity (Wildman–Crippen MR) is 61.4 cm³/mol. The first-order valence-corrected chi connectivity index (χ1v) is 5.69. The molecular weight excluding hydrogens is 202 g/mol. The van der Waals surface area contributed by atoms with Crippen molar-refractivity contribution >= 4 is 5.91 Å². The molecule has 16 heavy (non-hydrogen) atoms. The summed E-state index contributed by atoms with van der Waals surface area (Å²) in [4.78, 5) is 15.2. The van der Waals surface area contributed by atoms with Gasteiger partial charge in [0.1, 0.15) is 0 Å². The first-order valence-electron chi connectivity index (χ1n) is 5.69. The minimum atomic E-state index is -0.176. The maximum absolute atomic E-state index is 11.2. The normalized spacial score (nSPS) is 24.5. The maximum Gasteiger partial charge on any atom is 0.222 e. The molecule has 1 heterocycles. The standard InChI is InChI=1S/C12H17N3O/c13-12(16)10-2-1-3-11(10)15-8-9-4-6-14-7-5-9/h4-7,10-11,15H,1-3,8H2,(H2,13,16). The number of carbonyl (C=O) groups is 1. The lowest BCUT2D eigenvalue weighted by Crippen LogP contribution is -2.38. The van der Waals surface area contributed by atoms with Crippen LogP contribution in [-0.2, 0) is 11.3 Å². The zero-order valence-electron chi connectivity index (χ0n) is 9.23. The third-order valence-electron chi connectivity index (χ3n) is 3.20. The first kappa shape index (κ1) is 11.1. The number of nitrogens with two attached hydrogens (primary N) is 1. The van der Waals surface area contributed by atoms with Gasteiger partial charge in [0.15, 0.2) is 0 Å². The van der Waals surface area contributed by atoms with Gasteiger partial charge in [-0.05, 0) is 30.5 Å². The van der Waals surface area contributed by atoms with Crippen LogP contribution in [0, 0.1) is 5.92 Å². The van der Waals surface area contributed by atoms with E-state index in [1.165, 1.54) is 5.56 Å². The Morgan fingerprint density at radius 2 is 2.19 bits per heavy atom. The molecular formula is C12H17N3O. The van der Waals surface area contributed by atoms with Crippen LogP contribution in [0.4, 0.5) is 0 Å². The molecule has 1 aromatic rings. The summed E-state index contributed by atoms with van der Waals surface area (Å²) in [5.41, 5.74) is 6.55. The summed E-state index contributed by atoms with van der Waals surface area (Å²) in [6, 6.07) is 4.19. The van der Waals surface area contributed by atoms with Crippen LogP contribution >= 0.6 is 0 Å². The van der Waals surface area contributed by atoms with Gasteiger partial charge < -0.3 is 11.1 Å². The average molecular weight is 219 g/mol. The number of rotatable bonds is 4. The molecule has 0 radical (unpaired) electrons. The third kappa shape index (κ3) is 2.58. The number of aromatic nitrogens is 1. The zero-order valence-corrected chi connectivity index (χ0v) is 9.23. The Kier molecular flexibility index (Phi) is 3.51. The molecule has 0 spiro atoms. The number of hydrogen-bond donors (Lipinski definition) is 2. The maximum atomic E-state index is 11.2. The van der Waals surface area contributed by atoms with Gasteiger partial charge in [-0.1, -0.05) is 6.42 Å². The average Bonchev–Trinajstić information content (AvgIpc) is 2.76. The molecule has 1 aliphatic rings. The fraction of sp³-hybridized carbons (Fsp3) is 0.500. The van der Waals surface area contributed by atoms with E-state index in [9.17, 15) is 4.79 Å². The lowest BCUT2D eigenvalue weighted by atomic mass is 10.0. The fourth-order valence-electron chi connectivity index (χ4n) is 2.29.